The van der Waals surface area contributed by atoms with E-state index >= 15 is 0 Å². The Balaban J connectivity index is 1.23. The van der Waals surface area contributed by atoms with Gasteiger partial charge in [-0.1, -0.05) is 158 Å². The molecule has 0 saturated heterocycles. The number of nitriles is 1. The van der Waals surface area contributed by atoms with Gasteiger partial charge in [0.05, 0.1) is 22.7 Å². The second-order valence-corrected chi connectivity index (χ2v) is 14.0. The first-order valence-corrected chi connectivity index (χ1v) is 18.9. The Kier molecular flexibility index (Phi) is 8.48. The van der Waals surface area contributed by atoms with Crippen LogP contribution in [0.25, 0.3) is 95.0 Å². The van der Waals surface area contributed by atoms with Gasteiger partial charge in [-0.05, 0) is 75.8 Å². The van der Waals surface area contributed by atoms with E-state index in [0.717, 1.165) is 77.6 Å². The van der Waals surface area contributed by atoms with Crippen molar-refractivity contribution < 1.29 is 0 Å². The summed E-state index contributed by atoms with van der Waals surface area (Å²) in [5, 5.41) is 11.7. The molecule has 0 unspecified atom stereocenters. The van der Waals surface area contributed by atoms with Crippen molar-refractivity contribution in [2.45, 2.75) is 0 Å². The molecular weight excluding hydrogens is 695 g/mol. The molecule has 10 rings (SSSR count). The number of para-hydroxylation sites is 2. The zero-order valence-electron chi connectivity index (χ0n) is 30.8. The van der Waals surface area contributed by atoms with Crippen molar-refractivity contribution in [1.82, 2.24) is 19.5 Å². The third kappa shape index (κ3) is 6.32. The summed E-state index contributed by atoms with van der Waals surface area (Å²) in [6.07, 6.45) is 0. The lowest BCUT2D eigenvalue weighted by molar-refractivity contribution is 1.08. The molecule has 2 aromatic heterocycles. The Morgan fingerprint density at radius 3 is 1.37 bits per heavy atom. The highest BCUT2D eigenvalue weighted by Crippen LogP contribution is 2.41. The van der Waals surface area contributed by atoms with Gasteiger partial charge < -0.3 is 4.57 Å². The number of hydrogen-bond acceptors (Lipinski definition) is 4. The van der Waals surface area contributed by atoms with E-state index in [-0.39, 0.29) is 0 Å². The Labute approximate surface area is 330 Å². The second kappa shape index (κ2) is 14.4. The van der Waals surface area contributed by atoms with Crippen LogP contribution in [0.3, 0.4) is 0 Å². The molecule has 0 spiro atoms. The zero-order valence-corrected chi connectivity index (χ0v) is 30.8. The maximum absolute atomic E-state index is 9.59. The Morgan fingerprint density at radius 2 is 0.807 bits per heavy atom. The predicted octanol–water partition coefficient (Wildman–Crippen LogP) is 12.8. The molecule has 0 aliphatic heterocycles. The standard InChI is InChI=1S/C52H33N5/c53-34-35-20-22-40(23-21-35)43-32-46(49-45-18-10-11-19-47(45)57(48(49)33-43)44-16-8-3-9-17-44)52-55-50(41-28-24-38(25-29-41)36-12-4-1-5-13-36)54-51(56-52)42-30-26-39(27-31-42)37-14-6-2-7-15-37/h1-33H. The fraction of sp³-hybridized carbons (Fsp3) is 0. The smallest absolute Gasteiger partial charge is 0.164 e. The highest BCUT2D eigenvalue weighted by atomic mass is 15.0. The van der Waals surface area contributed by atoms with Crippen molar-refractivity contribution in [3.8, 4) is 79.3 Å². The molecule has 0 aliphatic carbocycles. The highest BCUT2D eigenvalue weighted by molar-refractivity contribution is 6.16. The molecule has 0 fully saturated rings. The van der Waals surface area contributed by atoms with E-state index in [1.165, 1.54) is 0 Å². The second-order valence-electron chi connectivity index (χ2n) is 14.0. The maximum Gasteiger partial charge on any atom is 0.164 e. The summed E-state index contributed by atoms with van der Waals surface area (Å²) < 4.78 is 2.31. The van der Waals surface area contributed by atoms with Crippen LogP contribution >= 0.6 is 0 Å². The molecule has 266 valence electrons. The van der Waals surface area contributed by atoms with Crippen LogP contribution in [0.1, 0.15) is 5.56 Å². The van der Waals surface area contributed by atoms with E-state index in [9.17, 15) is 5.26 Å². The fourth-order valence-corrected chi connectivity index (χ4v) is 7.67. The molecule has 2 heterocycles. The minimum absolute atomic E-state index is 0.575. The van der Waals surface area contributed by atoms with Gasteiger partial charge in [-0.3, -0.25) is 0 Å². The van der Waals surface area contributed by atoms with E-state index < -0.39 is 0 Å². The van der Waals surface area contributed by atoms with E-state index in [2.05, 4.69) is 168 Å². The highest BCUT2D eigenvalue weighted by Gasteiger charge is 2.21. The van der Waals surface area contributed by atoms with Gasteiger partial charge in [-0.2, -0.15) is 5.26 Å². The molecule has 8 aromatic carbocycles. The van der Waals surface area contributed by atoms with Crippen LogP contribution in [0.5, 0.6) is 0 Å². The van der Waals surface area contributed by atoms with Crippen LogP contribution in [0.15, 0.2) is 200 Å². The number of rotatable bonds is 7. The number of hydrogen-bond donors (Lipinski definition) is 0. The normalized spacial score (nSPS) is 11.1. The van der Waals surface area contributed by atoms with Crippen LogP contribution in [0, 0.1) is 11.3 Å². The maximum atomic E-state index is 9.59. The average molecular weight is 728 g/mol. The summed E-state index contributed by atoms with van der Waals surface area (Å²) in [4.78, 5) is 15.7. The molecule has 0 atom stereocenters. The molecule has 10 aromatic rings. The SMILES string of the molecule is N#Cc1ccc(-c2cc(-c3nc(-c4ccc(-c5ccccc5)cc4)nc(-c4ccc(-c5ccccc5)cc4)n3)c3c4ccccc4n(-c4ccccc4)c3c2)cc1. The molecular formula is C52H33N5. The van der Waals surface area contributed by atoms with Crippen molar-refractivity contribution in [2.75, 3.05) is 0 Å². The Bertz CT molecular complexity index is 2970. The topological polar surface area (TPSA) is 67.4 Å². The fourth-order valence-electron chi connectivity index (χ4n) is 7.67. The lowest BCUT2D eigenvalue weighted by Crippen LogP contribution is -2.01. The lowest BCUT2D eigenvalue weighted by atomic mass is 9.97. The quantitative estimate of drug-likeness (QED) is 0.164. The number of aromatic nitrogens is 4. The molecule has 0 bridgehead atoms. The molecule has 57 heavy (non-hydrogen) atoms. The minimum Gasteiger partial charge on any atom is -0.309 e. The van der Waals surface area contributed by atoms with E-state index in [1.807, 2.05) is 42.5 Å². The summed E-state index contributed by atoms with van der Waals surface area (Å²) >= 11 is 0. The zero-order chi connectivity index (χ0) is 38.1. The van der Waals surface area contributed by atoms with Gasteiger partial charge in [0.15, 0.2) is 17.5 Å². The molecule has 0 saturated carbocycles. The van der Waals surface area contributed by atoms with Gasteiger partial charge >= 0.3 is 0 Å². The molecule has 0 N–H and O–H groups in total. The Hall–Kier alpha value is -7.94. The van der Waals surface area contributed by atoms with Gasteiger partial charge in [0.25, 0.3) is 0 Å². The van der Waals surface area contributed by atoms with E-state index in [1.54, 1.807) is 0 Å². The lowest BCUT2D eigenvalue weighted by Gasteiger charge is -2.13. The molecule has 0 radical (unpaired) electrons. The number of nitrogens with zero attached hydrogens (tertiary/aromatic N) is 5. The van der Waals surface area contributed by atoms with Crippen molar-refractivity contribution >= 4 is 21.8 Å². The molecule has 5 heteroatoms. The van der Waals surface area contributed by atoms with Crippen LogP contribution < -0.4 is 0 Å². The van der Waals surface area contributed by atoms with Crippen LogP contribution in [0.4, 0.5) is 0 Å². The van der Waals surface area contributed by atoms with Gasteiger partial charge in [0.2, 0.25) is 0 Å². The largest absolute Gasteiger partial charge is 0.309 e. The van der Waals surface area contributed by atoms with Crippen LogP contribution in [0.2, 0.25) is 0 Å². The monoisotopic (exact) mass is 727 g/mol. The van der Waals surface area contributed by atoms with Crippen LogP contribution in [-0.2, 0) is 0 Å². The summed E-state index contributed by atoms with van der Waals surface area (Å²) in [5.41, 5.74) is 13.0. The molecule has 0 aliphatic rings. The summed E-state index contributed by atoms with van der Waals surface area (Å²) in [5.74, 6) is 1.75. The van der Waals surface area contributed by atoms with Crippen molar-refractivity contribution in [2.24, 2.45) is 0 Å². The van der Waals surface area contributed by atoms with Gasteiger partial charge in [-0.15, -0.1) is 0 Å². The molecule has 5 nitrogen and oxygen atoms in total. The number of benzene rings is 8. The van der Waals surface area contributed by atoms with Crippen molar-refractivity contribution in [3.63, 3.8) is 0 Å². The summed E-state index contributed by atoms with van der Waals surface area (Å²) in [6, 6.07) is 71.0. The van der Waals surface area contributed by atoms with Gasteiger partial charge in [0, 0.05) is 33.2 Å². The van der Waals surface area contributed by atoms with E-state index in [0.29, 0.717) is 23.0 Å². The minimum atomic E-state index is 0.575. The third-order valence-corrected chi connectivity index (χ3v) is 10.5. The first-order valence-electron chi connectivity index (χ1n) is 18.9. The first kappa shape index (κ1) is 33.6. The third-order valence-electron chi connectivity index (χ3n) is 10.5. The van der Waals surface area contributed by atoms with Crippen molar-refractivity contribution in [3.05, 3.63) is 206 Å². The van der Waals surface area contributed by atoms with Crippen LogP contribution in [-0.4, -0.2) is 19.5 Å². The van der Waals surface area contributed by atoms with Crippen molar-refractivity contribution in [1.29, 1.82) is 5.26 Å². The summed E-state index contributed by atoms with van der Waals surface area (Å²) in [7, 11) is 0. The molecule has 0 amide bonds. The van der Waals surface area contributed by atoms with E-state index in [4.69, 9.17) is 15.0 Å². The first-order chi connectivity index (χ1) is 28.2. The Morgan fingerprint density at radius 1 is 0.368 bits per heavy atom. The number of fused-ring (bicyclic) bond motifs is 3. The average Bonchev–Trinajstić information content (AvgIpc) is 3.64. The predicted molar refractivity (Wildman–Crippen MR) is 231 cm³/mol. The summed E-state index contributed by atoms with van der Waals surface area (Å²) in [6.45, 7) is 0. The van der Waals surface area contributed by atoms with Gasteiger partial charge in [0.1, 0.15) is 0 Å². The van der Waals surface area contributed by atoms with Gasteiger partial charge in [-0.25, -0.2) is 15.0 Å².